The van der Waals surface area contributed by atoms with Crippen LogP contribution in [0.5, 0.6) is 5.75 Å². The molecule has 0 N–H and O–H groups in total. The second kappa shape index (κ2) is 7.04. The molecule has 0 unspecified atom stereocenters. The lowest BCUT2D eigenvalue weighted by Crippen LogP contribution is -1.91. The van der Waals surface area contributed by atoms with E-state index in [9.17, 15) is 0 Å². The number of thioether (sulfide) groups is 1. The van der Waals surface area contributed by atoms with Crippen LogP contribution in [0.1, 0.15) is 5.56 Å². The van der Waals surface area contributed by atoms with Crippen molar-refractivity contribution in [2.24, 2.45) is 0 Å². The summed E-state index contributed by atoms with van der Waals surface area (Å²) in [4.78, 5) is 4.01. The number of hydrogen-bond acceptors (Lipinski definition) is 5. The first-order valence-corrected chi connectivity index (χ1v) is 7.83. The van der Waals surface area contributed by atoms with E-state index in [1.165, 1.54) is 5.56 Å². The Morgan fingerprint density at radius 1 is 1.00 bits per heavy atom. The van der Waals surface area contributed by atoms with Gasteiger partial charge >= 0.3 is 0 Å². The fourth-order valence-corrected chi connectivity index (χ4v) is 2.74. The predicted molar refractivity (Wildman–Crippen MR) is 87.8 cm³/mol. The van der Waals surface area contributed by atoms with Gasteiger partial charge in [-0.1, -0.05) is 23.9 Å². The van der Waals surface area contributed by atoms with E-state index in [2.05, 4.69) is 15.2 Å². The van der Waals surface area contributed by atoms with E-state index in [1.807, 2.05) is 48.5 Å². The highest BCUT2D eigenvalue weighted by Gasteiger charge is 2.03. The van der Waals surface area contributed by atoms with Gasteiger partial charge in [-0.25, -0.2) is 0 Å². The van der Waals surface area contributed by atoms with Gasteiger partial charge < -0.3 is 4.74 Å². The van der Waals surface area contributed by atoms with Crippen LogP contribution in [0, 0.1) is 0 Å². The molecule has 0 aliphatic carbocycles. The minimum atomic E-state index is 0.815. The number of methoxy groups -OCH3 is 1. The maximum absolute atomic E-state index is 5.23. The first kappa shape index (κ1) is 14.5. The van der Waals surface area contributed by atoms with Gasteiger partial charge in [0.25, 0.3) is 0 Å². The maximum Gasteiger partial charge on any atom is 0.119 e. The molecule has 2 aromatic heterocycles. The lowest BCUT2D eigenvalue weighted by molar-refractivity contribution is 0.415. The van der Waals surface area contributed by atoms with E-state index in [0.29, 0.717) is 0 Å². The summed E-state index contributed by atoms with van der Waals surface area (Å²) in [7, 11) is 1.66. The van der Waals surface area contributed by atoms with Gasteiger partial charge in [0.05, 0.1) is 12.8 Å². The molecule has 2 heterocycles. The molecule has 1 aromatic carbocycles. The molecule has 0 fully saturated rings. The second-order valence-corrected chi connectivity index (χ2v) is 5.63. The van der Waals surface area contributed by atoms with Crippen molar-refractivity contribution in [1.82, 2.24) is 15.2 Å². The molecule has 0 aliphatic heterocycles. The van der Waals surface area contributed by atoms with E-state index in [4.69, 9.17) is 4.74 Å². The third-order valence-corrected chi connectivity index (χ3v) is 4.13. The second-order valence-electron chi connectivity index (χ2n) is 4.63. The van der Waals surface area contributed by atoms with Crippen molar-refractivity contribution in [2.45, 2.75) is 10.8 Å². The molecule has 0 saturated carbocycles. The van der Waals surface area contributed by atoms with E-state index in [1.54, 1.807) is 31.3 Å². The van der Waals surface area contributed by atoms with Crippen molar-refractivity contribution in [2.75, 3.05) is 7.11 Å². The summed E-state index contributed by atoms with van der Waals surface area (Å²) in [5, 5.41) is 9.49. The van der Waals surface area contributed by atoms with Crippen LogP contribution in [0.25, 0.3) is 11.3 Å². The van der Waals surface area contributed by atoms with Crippen molar-refractivity contribution in [1.29, 1.82) is 0 Å². The summed E-state index contributed by atoms with van der Waals surface area (Å²) in [5.41, 5.74) is 3.06. The van der Waals surface area contributed by atoms with Gasteiger partial charge in [0, 0.05) is 23.7 Å². The van der Waals surface area contributed by atoms with Gasteiger partial charge in [-0.2, -0.15) is 0 Å². The van der Waals surface area contributed by atoms with Crippen molar-refractivity contribution in [3.05, 3.63) is 66.5 Å². The summed E-state index contributed by atoms with van der Waals surface area (Å²) in [6, 6.07) is 15.8. The van der Waals surface area contributed by atoms with E-state index >= 15 is 0 Å². The van der Waals surface area contributed by atoms with Gasteiger partial charge in [-0.05, 0) is 42.0 Å². The standard InChI is InChI=1S/C17H15N3OS/c1-21-15-4-2-3-14(11-15)16-5-6-17(20-19-16)22-12-13-7-9-18-10-8-13/h2-11H,12H2,1H3. The Morgan fingerprint density at radius 2 is 1.86 bits per heavy atom. The molecule has 0 amide bonds. The molecule has 22 heavy (non-hydrogen) atoms. The molecule has 0 spiro atoms. The van der Waals surface area contributed by atoms with Crippen LogP contribution >= 0.6 is 11.8 Å². The molecular weight excluding hydrogens is 294 g/mol. The van der Waals surface area contributed by atoms with Crippen LogP contribution < -0.4 is 4.74 Å². The van der Waals surface area contributed by atoms with Crippen LogP contribution in [0.2, 0.25) is 0 Å². The minimum absolute atomic E-state index is 0.815. The van der Waals surface area contributed by atoms with Gasteiger partial charge in [0.1, 0.15) is 10.8 Å². The Balaban J connectivity index is 1.69. The van der Waals surface area contributed by atoms with Crippen LogP contribution in [-0.2, 0) is 5.75 Å². The number of hydrogen-bond donors (Lipinski definition) is 0. The van der Waals surface area contributed by atoms with E-state index < -0.39 is 0 Å². The van der Waals surface area contributed by atoms with Gasteiger partial charge in [-0.3, -0.25) is 4.98 Å². The van der Waals surface area contributed by atoms with Gasteiger partial charge in [-0.15, -0.1) is 10.2 Å². The summed E-state index contributed by atoms with van der Waals surface area (Å²) < 4.78 is 5.23. The molecule has 0 radical (unpaired) electrons. The Kier molecular flexibility index (Phi) is 4.65. The molecule has 110 valence electrons. The zero-order valence-electron chi connectivity index (χ0n) is 12.1. The number of pyridine rings is 1. The normalized spacial score (nSPS) is 10.4. The Labute approximate surface area is 133 Å². The van der Waals surface area contributed by atoms with E-state index in [0.717, 1.165) is 27.8 Å². The lowest BCUT2D eigenvalue weighted by Gasteiger charge is -2.04. The third kappa shape index (κ3) is 3.62. The SMILES string of the molecule is COc1cccc(-c2ccc(SCc3ccncc3)nn2)c1. The fourth-order valence-electron chi connectivity index (χ4n) is 1.97. The number of benzene rings is 1. The molecule has 0 aliphatic rings. The Hall–Kier alpha value is -2.40. The van der Waals surface area contributed by atoms with Crippen molar-refractivity contribution < 1.29 is 4.74 Å². The quantitative estimate of drug-likeness (QED) is 0.670. The van der Waals surface area contributed by atoms with E-state index in [-0.39, 0.29) is 0 Å². The molecule has 3 aromatic rings. The number of nitrogens with zero attached hydrogens (tertiary/aromatic N) is 3. The van der Waals surface area contributed by atoms with Crippen molar-refractivity contribution in [3.8, 4) is 17.0 Å². The first-order valence-electron chi connectivity index (χ1n) is 6.85. The average molecular weight is 309 g/mol. The Morgan fingerprint density at radius 3 is 2.59 bits per heavy atom. The molecule has 0 atom stereocenters. The summed E-state index contributed by atoms with van der Waals surface area (Å²) in [6.45, 7) is 0. The fraction of sp³-hybridized carbons (Fsp3) is 0.118. The maximum atomic E-state index is 5.23. The number of rotatable bonds is 5. The van der Waals surface area contributed by atoms with Crippen LogP contribution in [0.4, 0.5) is 0 Å². The average Bonchev–Trinajstić information content (AvgIpc) is 2.61. The lowest BCUT2D eigenvalue weighted by atomic mass is 10.1. The molecule has 0 bridgehead atoms. The van der Waals surface area contributed by atoms with Crippen LogP contribution in [-0.4, -0.2) is 22.3 Å². The molecule has 3 rings (SSSR count). The molecular formula is C17H15N3OS. The third-order valence-electron chi connectivity index (χ3n) is 3.14. The monoisotopic (exact) mass is 309 g/mol. The van der Waals surface area contributed by atoms with Gasteiger partial charge in [0.2, 0.25) is 0 Å². The Bertz CT molecular complexity index is 732. The molecule has 0 saturated heterocycles. The molecule has 4 nitrogen and oxygen atoms in total. The number of aromatic nitrogens is 3. The van der Waals surface area contributed by atoms with Crippen molar-refractivity contribution in [3.63, 3.8) is 0 Å². The van der Waals surface area contributed by atoms with Crippen LogP contribution in [0.3, 0.4) is 0 Å². The zero-order chi connectivity index (χ0) is 15.2. The summed E-state index contributed by atoms with van der Waals surface area (Å²) in [6.07, 6.45) is 3.60. The largest absolute Gasteiger partial charge is 0.497 e. The highest BCUT2D eigenvalue weighted by molar-refractivity contribution is 7.98. The first-order chi connectivity index (χ1) is 10.8. The van der Waals surface area contributed by atoms with Crippen molar-refractivity contribution >= 4 is 11.8 Å². The highest BCUT2D eigenvalue weighted by atomic mass is 32.2. The topological polar surface area (TPSA) is 47.9 Å². The molecule has 5 heteroatoms. The van der Waals surface area contributed by atoms with Gasteiger partial charge in [0.15, 0.2) is 0 Å². The number of ether oxygens (including phenoxy) is 1. The minimum Gasteiger partial charge on any atom is -0.497 e. The zero-order valence-corrected chi connectivity index (χ0v) is 13.0. The van der Waals surface area contributed by atoms with Crippen LogP contribution in [0.15, 0.2) is 66.0 Å². The predicted octanol–water partition coefficient (Wildman–Crippen LogP) is 3.84. The highest BCUT2D eigenvalue weighted by Crippen LogP contribution is 2.24. The summed E-state index contributed by atoms with van der Waals surface area (Å²) in [5.74, 6) is 1.67. The smallest absolute Gasteiger partial charge is 0.119 e. The summed E-state index contributed by atoms with van der Waals surface area (Å²) >= 11 is 1.66.